The van der Waals surface area contributed by atoms with Gasteiger partial charge < -0.3 is 9.73 Å². The van der Waals surface area contributed by atoms with Crippen molar-refractivity contribution in [2.75, 3.05) is 18.4 Å². The van der Waals surface area contributed by atoms with Crippen LogP contribution < -0.4 is 11.1 Å². The Morgan fingerprint density at radius 2 is 1.94 bits per heavy atom. The quantitative estimate of drug-likeness (QED) is 0.657. The van der Waals surface area contributed by atoms with Crippen LogP contribution >= 0.6 is 0 Å². The zero-order valence-electron chi connectivity index (χ0n) is 16.5. The van der Waals surface area contributed by atoms with Gasteiger partial charge in [0.1, 0.15) is 0 Å². The van der Waals surface area contributed by atoms with Gasteiger partial charge in [0.05, 0.1) is 16.3 Å². The SMILES string of the molecule is Cn1c(=O)oc2cc(S(=O)(=O)N3CCCC(C(=O)Nc4ccc(F)c(F)c4)C3)ccc21. The Labute approximate surface area is 176 Å². The Kier molecular flexibility index (Phi) is 5.40. The van der Waals surface area contributed by atoms with Crippen LogP contribution in [-0.2, 0) is 21.9 Å². The number of nitrogens with zero attached hydrogens (tertiary/aromatic N) is 2. The second kappa shape index (κ2) is 7.89. The molecule has 1 N–H and O–H groups in total. The molecule has 0 bridgehead atoms. The van der Waals surface area contributed by atoms with E-state index < -0.39 is 39.2 Å². The number of sulfonamides is 1. The van der Waals surface area contributed by atoms with E-state index in [2.05, 4.69) is 5.32 Å². The zero-order chi connectivity index (χ0) is 22.3. The van der Waals surface area contributed by atoms with Gasteiger partial charge in [-0.3, -0.25) is 9.36 Å². The summed E-state index contributed by atoms with van der Waals surface area (Å²) in [6.45, 7) is 0.169. The number of aryl methyl sites for hydroxylation is 1. The minimum atomic E-state index is -3.94. The lowest BCUT2D eigenvalue weighted by Gasteiger charge is -2.31. The number of benzene rings is 2. The summed E-state index contributed by atoms with van der Waals surface area (Å²) in [6.07, 6.45) is 0.909. The molecule has 1 unspecified atom stereocenters. The first-order chi connectivity index (χ1) is 14.7. The van der Waals surface area contributed by atoms with Crippen LogP contribution in [0.15, 0.2) is 50.5 Å². The van der Waals surface area contributed by atoms with Crippen LogP contribution in [0.25, 0.3) is 11.1 Å². The summed E-state index contributed by atoms with van der Waals surface area (Å²) < 4.78 is 60.2. The minimum Gasteiger partial charge on any atom is -0.408 e. The smallest absolute Gasteiger partial charge is 0.408 e. The highest BCUT2D eigenvalue weighted by atomic mass is 32.2. The fourth-order valence-electron chi connectivity index (χ4n) is 3.62. The van der Waals surface area contributed by atoms with E-state index in [9.17, 15) is 26.8 Å². The monoisotopic (exact) mass is 451 g/mol. The Bertz CT molecular complexity index is 1330. The highest BCUT2D eigenvalue weighted by Gasteiger charge is 2.33. The fourth-order valence-corrected chi connectivity index (χ4v) is 5.16. The third kappa shape index (κ3) is 3.98. The van der Waals surface area contributed by atoms with Crippen LogP contribution in [0.3, 0.4) is 0 Å². The summed E-state index contributed by atoms with van der Waals surface area (Å²) in [7, 11) is -2.42. The Balaban J connectivity index is 1.53. The summed E-state index contributed by atoms with van der Waals surface area (Å²) in [4.78, 5) is 24.2. The first kappa shape index (κ1) is 21.2. The molecule has 11 heteroatoms. The number of oxazole rings is 1. The maximum absolute atomic E-state index is 13.4. The Morgan fingerprint density at radius 3 is 2.68 bits per heavy atom. The maximum Gasteiger partial charge on any atom is 0.419 e. The van der Waals surface area contributed by atoms with Gasteiger partial charge in [0.15, 0.2) is 17.2 Å². The van der Waals surface area contributed by atoms with Crippen molar-refractivity contribution in [1.29, 1.82) is 0 Å². The molecular weight excluding hydrogens is 432 g/mol. The van der Waals surface area contributed by atoms with Gasteiger partial charge >= 0.3 is 5.76 Å². The second-order valence-corrected chi connectivity index (χ2v) is 9.31. The molecule has 164 valence electrons. The van der Waals surface area contributed by atoms with E-state index in [1.54, 1.807) is 0 Å². The molecular formula is C20H19F2N3O5S. The van der Waals surface area contributed by atoms with E-state index in [1.807, 2.05) is 0 Å². The lowest BCUT2D eigenvalue weighted by Crippen LogP contribution is -2.43. The van der Waals surface area contributed by atoms with Crippen LogP contribution in [0, 0.1) is 17.6 Å². The van der Waals surface area contributed by atoms with E-state index in [1.165, 1.54) is 40.2 Å². The van der Waals surface area contributed by atoms with Crippen molar-refractivity contribution < 1.29 is 26.4 Å². The third-order valence-corrected chi connectivity index (χ3v) is 7.20. The Hall–Kier alpha value is -3.05. The van der Waals surface area contributed by atoms with Gasteiger partial charge in [0, 0.05) is 38.0 Å². The lowest BCUT2D eigenvalue weighted by molar-refractivity contribution is -0.120. The normalized spacial score (nSPS) is 17.7. The first-order valence-corrected chi connectivity index (χ1v) is 11.0. The van der Waals surface area contributed by atoms with Gasteiger partial charge in [-0.25, -0.2) is 22.0 Å². The largest absolute Gasteiger partial charge is 0.419 e. The van der Waals surface area contributed by atoms with Crippen molar-refractivity contribution in [3.63, 3.8) is 0 Å². The molecule has 2 heterocycles. The predicted molar refractivity (Wildman–Crippen MR) is 108 cm³/mol. The standard InChI is InChI=1S/C20H19F2N3O5S/c1-24-17-7-5-14(10-18(17)30-20(24)27)31(28,29)25-8-2-3-12(11-25)19(26)23-13-4-6-15(21)16(22)9-13/h4-7,9-10,12H,2-3,8,11H2,1H3,(H,23,26). The van der Waals surface area contributed by atoms with Crippen LogP contribution in [0.4, 0.5) is 14.5 Å². The molecule has 8 nitrogen and oxygen atoms in total. The van der Waals surface area contributed by atoms with E-state index >= 15 is 0 Å². The highest BCUT2D eigenvalue weighted by molar-refractivity contribution is 7.89. The summed E-state index contributed by atoms with van der Waals surface area (Å²) in [6, 6.07) is 7.17. The van der Waals surface area contributed by atoms with Gasteiger partial charge in [-0.15, -0.1) is 0 Å². The molecule has 0 saturated carbocycles. The van der Waals surface area contributed by atoms with E-state index in [0.717, 1.165) is 12.1 Å². The molecule has 1 aliphatic rings. The molecule has 1 aliphatic heterocycles. The Morgan fingerprint density at radius 1 is 1.16 bits per heavy atom. The molecule has 0 spiro atoms. The number of fused-ring (bicyclic) bond motifs is 1. The van der Waals surface area contributed by atoms with Gasteiger partial charge in [-0.2, -0.15) is 4.31 Å². The molecule has 0 radical (unpaired) electrons. The van der Waals surface area contributed by atoms with Crippen molar-refractivity contribution in [1.82, 2.24) is 8.87 Å². The number of anilines is 1. The molecule has 1 aromatic heterocycles. The van der Waals surface area contributed by atoms with E-state index in [0.29, 0.717) is 18.4 Å². The van der Waals surface area contributed by atoms with Crippen molar-refractivity contribution in [3.05, 3.63) is 58.6 Å². The van der Waals surface area contributed by atoms with Crippen LogP contribution in [-0.4, -0.2) is 36.3 Å². The van der Waals surface area contributed by atoms with Crippen molar-refractivity contribution in [2.45, 2.75) is 17.7 Å². The van der Waals surface area contributed by atoms with Crippen molar-refractivity contribution >= 4 is 32.7 Å². The molecule has 1 amide bonds. The molecule has 1 fully saturated rings. The molecule has 31 heavy (non-hydrogen) atoms. The summed E-state index contributed by atoms with van der Waals surface area (Å²) >= 11 is 0. The third-order valence-electron chi connectivity index (χ3n) is 5.34. The molecule has 4 rings (SSSR count). The summed E-state index contributed by atoms with van der Waals surface area (Å²) in [5.41, 5.74) is 0.707. The van der Waals surface area contributed by atoms with E-state index in [-0.39, 0.29) is 29.3 Å². The summed E-state index contributed by atoms with van der Waals surface area (Å²) in [5.74, 6) is -3.85. The molecule has 1 saturated heterocycles. The predicted octanol–water partition coefficient (Wildman–Crippen LogP) is 2.45. The molecule has 0 aliphatic carbocycles. The van der Waals surface area contributed by atoms with Gasteiger partial charge in [-0.05, 0) is 37.1 Å². The first-order valence-electron chi connectivity index (χ1n) is 9.52. The number of amides is 1. The van der Waals surface area contributed by atoms with Gasteiger partial charge in [0.2, 0.25) is 15.9 Å². The number of piperidine rings is 1. The highest BCUT2D eigenvalue weighted by Crippen LogP contribution is 2.27. The van der Waals surface area contributed by atoms with Gasteiger partial charge in [0.25, 0.3) is 0 Å². The number of carbonyl (C=O) groups excluding carboxylic acids is 1. The number of nitrogens with one attached hydrogen (secondary N) is 1. The zero-order valence-corrected chi connectivity index (χ0v) is 17.3. The minimum absolute atomic E-state index is 0.0454. The number of aromatic nitrogens is 1. The average molecular weight is 451 g/mol. The number of hydrogen-bond donors (Lipinski definition) is 1. The van der Waals surface area contributed by atoms with E-state index in [4.69, 9.17) is 4.42 Å². The molecule has 1 atom stereocenters. The van der Waals surface area contributed by atoms with Crippen LogP contribution in [0.5, 0.6) is 0 Å². The van der Waals surface area contributed by atoms with Crippen molar-refractivity contribution in [2.24, 2.45) is 13.0 Å². The fraction of sp³-hybridized carbons (Fsp3) is 0.300. The molecule has 3 aromatic rings. The number of halogens is 2. The van der Waals surface area contributed by atoms with Gasteiger partial charge in [-0.1, -0.05) is 0 Å². The number of rotatable bonds is 4. The molecule has 2 aromatic carbocycles. The number of carbonyl (C=O) groups is 1. The topological polar surface area (TPSA) is 102 Å². The number of hydrogen-bond acceptors (Lipinski definition) is 5. The summed E-state index contributed by atoms with van der Waals surface area (Å²) in [5, 5.41) is 2.51. The van der Waals surface area contributed by atoms with Crippen LogP contribution in [0.2, 0.25) is 0 Å². The second-order valence-electron chi connectivity index (χ2n) is 7.38. The maximum atomic E-state index is 13.4. The van der Waals surface area contributed by atoms with Crippen molar-refractivity contribution in [3.8, 4) is 0 Å². The average Bonchev–Trinajstić information content (AvgIpc) is 3.04. The van der Waals surface area contributed by atoms with Crippen LogP contribution in [0.1, 0.15) is 12.8 Å². The lowest BCUT2D eigenvalue weighted by atomic mass is 9.98.